The number of aliphatic imine (C=N–C) groups is 1. The van der Waals surface area contributed by atoms with E-state index in [0.29, 0.717) is 17.7 Å². The Bertz CT molecular complexity index is 1010. The third-order valence-corrected chi connectivity index (χ3v) is 4.49. The smallest absolute Gasteiger partial charge is 0.193 e. The maximum absolute atomic E-state index is 13.0. The molecule has 0 atom stereocenters. The van der Waals surface area contributed by atoms with E-state index in [1.165, 1.54) is 0 Å². The molecule has 2 aromatic carbocycles. The highest BCUT2D eigenvalue weighted by molar-refractivity contribution is 6.25. The monoisotopic (exact) mass is 353 g/mol. The average Bonchev–Trinajstić information content (AvgIpc) is 3.41. The number of ketones is 1. The molecular weight excluding hydrogens is 334 g/mol. The quantitative estimate of drug-likeness (QED) is 0.439. The normalized spacial score (nSPS) is 14.0. The lowest BCUT2D eigenvalue weighted by molar-refractivity contribution is 0.103. The minimum absolute atomic E-state index is 0.0287. The van der Waals surface area contributed by atoms with E-state index >= 15 is 0 Å². The lowest BCUT2D eigenvalue weighted by Crippen LogP contribution is -2.13. The minimum atomic E-state index is 0.0287. The lowest BCUT2D eigenvalue weighted by Gasteiger charge is -2.12. The second-order valence-corrected chi connectivity index (χ2v) is 6.28. The van der Waals surface area contributed by atoms with Crippen LogP contribution in [-0.4, -0.2) is 11.5 Å². The molecule has 0 radical (unpaired) electrons. The van der Waals surface area contributed by atoms with E-state index in [2.05, 4.69) is 6.08 Å². The van der Waals surface area contributed by atoms with E-state index in [4.69, 9.17) is 9.41 Å². The molecule has 1 aliphatic carbocycles. The zero-order valence-electron chi connectivity index (χ0n) is 14.8. The van der Waals surface area contributed by atoms with Crippen LogP contribution in [0.15, 0.2) is 112 Å². The van der Waals surface area contributed by atoms with Crippen molar-refractivity contribution < 1.29 is 9.21 Å². The zero-order valence-corrected chi connectivity index (χ0v) is 14.8. The van der Waals surface area contributed by atoms with E-state index in [0.717, 1.165) is 29.0 Å². The van der Waals surface area contributed by atoms with Crippen LogP contribution < -0.4 is 0 Å². The van der Waals surface area contributed by atoms with Crippen molar-refractivity contribution in [2.75, 3.05) is 0 Å². The van der Waals surface area contributed by atoms with Crippen molar-refractivity contribution >= 4 is 11.5 Å². The summed E-state index contributed by atoms with van der Waals surface area (Å²) in [4.78, 5) is 17.8. The summed E-state index contributed by atoms with van der Waals surface area (Å²) in [6, 6.07) is 23.1. The van der Waals surface area contributed by atoms with Crippen molar-refractivity contribution in [1.29, 1.82) is 0 Å². The lowest BCUT2D eigenvalue weighted by atomic mass is 9.93. The molecule has 1 heterocycles. The molecule has 3 nitrogen and oxygen atoms in total. The maximum atomic E-state index is 13.0. The number of benzene rings is 2. The second kappa shape index (κ2) is 7.83. The van der Waals surface area contributed by atoms with Gasteiger partial charge in [0.05, 0.1) is 18.5 Å². The fraction of sp³-hybridized carbons (Fsp3) is 0.0833. The molecule has 1 aliphatic rings. The van der Waals surface area contributed by atoms with Crippen LogP contribution in [0.25, 0.3) is 0 Å². The van der Waals surface area contributed by atoms with Crippen molar-refractivity contribution in [2.24, 2.45) is 4.99 Å². The minimum Gasteiger partial charge on any atom is -0.467 e. The summed E-state index contributed by atoms with van der Waals surface area (Å²) in [5, 5.41) is 0. The molecule has 0 unspecified atom stereocenters. The molecule has 0 saturated heterocycles. The van der Waals surface area contributed by atoms with E-state index in [9.17, 15) is 4.79 Å². The zero-order chi connectivity index (χ0) is 18.5. The third-order valence-electron chi connectivity index (χ3n) is 4.49. The third kappa shape index (κ3) is 3.72. The number of hydrogen-bond donors (Lipinski definition) is 0. The number of carbonyl (C=O) groups is 1. The first-order valence-corrected chi connectivity index (χ1v) is 8.96. The van der Waals surface area contributed by atoms with E-state index < -0.39 is 0 Å². The number of rotatable bonds is 6. The Kier molecular flexibility index (Phi) is 4.93. The Morgan fingerprint density at radius 3 is 2.15 bits per heavy atom. The highest BCUT2D eigenvalue weighted by Crippen LogP contribution is 2.27. The van der Waals surface area contributed by atoms with Gasteiger partial charge in [-0.3, -0.25) is 9.79 Å². The van der Waals surface area contributed by atoms with Gasteiger partial charge in [0.2, 0.25) is 0 Å². The van der Waals surface area contributed by atoms with Gasteiger partial charge in [0.25, 0.3) is 0 Å². The van der Waals surface area contributed by atoms with E-state index in [1.807, 2.05) is 78.9 Å². The molecule has 0 spiro atoms. The van der Waals surface area contributed by atoms with Crippen LogP contribution in [0, 0.1) is 0 Å². The van der Waals surface area contributed by atoms with E-state index in [1.54, 1.807) is 6.26 Å². The number of carbonyl (C=O) groups excluding carboxylic acids is 1. The Balaban J connectivity index is 1.70. The highest BCUT2D eigenvalue weighted by Gasteiger charge is 2.23. The number of Topliss-reactive ketones (excluding diaryl/α,β-unsaturated/α-hetero) is 1. The standard InChI is InChI=1S/C24H19NO2/c26-24(19-11-5-2-6-12-19)22-15-7-14-21(22)23(18-9-3-1-4-10-18)25-17-20-13-8-16-27-20/h1-6,8-16H,7,17H2. The van der Waals surface area contributed by atoms with Gasteiger partial charge in [0.1, 0.15) is 5.76 Å². The van der Waals surface area contributed by atoms with Gasteiger partial charge in [0, 0.05) is 22.3 Å². The van der Waals surface area contributed by atoms with Crippen LogP contribution >= 0.6 is 0 Å². The van der Waals surface area contributed by atoms with Crippen molar-refractivity contribution in [3.8, 4) is 0 Å². The summed E-state index contributed by atoms with van der Waals surface area (Å²) in [6.45, 7) is 0.432. The van der Waals surface area contributed by atoms with Gasteiger partial charge in [0.15, 0.2) is 5.78 Å². The van der Waals surface area contributed by atoms with Crippen molar-refractivity contribution in [3.63, 3.8) is 0 Å². The molecule has 0 bridgehead atoms. The van der Waals surface area contributed by atoms with Gasteiger partial charge in [-0.25, -0.2) is 0 Å². The van der Waals surface area contributed by atoms with Gasteiger partial charge >= 0.3 is 0 Å². The fourth-order valence-electron chi connectivity index (χ4n) is 3.19. The van der Waals surface area contributed by atoms with Gasteiger partial charge in [-0.2, -0.15) is 0 Å². The maximum Gasteiger partial charge on any atom is 0.193 e. The van der Waals surface area contributed by atoms with Crippen LogP contribution in [0.1, 0.15) is 28.1 Å². The van der Waals surface area contributed by atoms with Crippen molar-refractivity contribution in [1.82, 2.24) is 0 Å². The molecule has 132 valence electrons. The molecule has 4 rings (SSSR count). The molecule has 3 heteroatoms. The van der Waals surface area contributed by atoms with Crippen LogP contribution in [0.4, 0.5) is 0 Å². The highest BCUT2D eigenvalue weighted by atomic mass is 16.3. The summed E-state index contributed by atoms with van der Waals surface area (Å²) in [5.74, 6) is 0.822. The molecular formula is C24H19NO2. The molecule has 1 aromatic heterocycles. The Morgan fingerprint density at radius 2 is 1.48 bits per heavy atom. The first-order valence-electron chi connectivity index (χ1n) is 8.96. The van der Waals surface area contributed by atoms with Crippen LogP contribution in [-0.2, 0) is 6.54 Å². The van der Waals surface area contributed by atoms with Gasteiger partial charge in [-0.05, 0) is 18.6 Å². The summed E-state index contributed by atoms with van der Waals surface area (Å²) < 4.78 is 5.42. The molecule has 0 amide bonds. The summed E-state index contributed by atoms with van der Waals surface area (Å²) in [7, 11) is 0. The first kappa shape index (κ1) is 17.0. The van der Waals surface area contributed by atoms with Crippen LogP contribution in [0.5, 0.6) is 0 Å². The summed E-state index contributed by atoms with van der Waals surface area (Å²) in [6.07, 6.45) is 6.43. The van der Waals surface area contributed by atoms with Crippen molar-refractivity contribution in [3.05, 3.63) is 119 Å². The topological polar surface area (TPSA) is 42.6 Å². The first-order chi connectivity index (χ1) is 13.3. The molecule has 0 fully saturated rings. The number of hydrogen-bond acceptors (Lipinski definition) is 3. The Labute approximate surface area is 158 Å². The predicted octanol–water partition coefficient (Wildman–Crippen LogP) is 5.41. The number of furan rings is 1. The SMILES string of the molecule is O=C(C1=CCC=C1C(=NCc1ccco1)c1ccccc1)c1ccccc1. The second-order valence-electron chi connectivity index (χ2n) is 6.28. The molecule has 0 aliphatic heterocycles. The van der Waals surface area contributed by atoms with Gasteiger partial charge < -0.3 is 4.42 Å². The predicted molar refractivity (Wildman–Crippen MR) is 107 cm³/mol. The number of allylic oxidation sites excluding steroid dienone is 4. The molecule has 0 N–H and O–H groups in total. The van der Waals surface area contributed by atoms with Crippen molar-refractivity contribution in [2.45, 2.75) is 13.0 Å². The average molecular weight is 353 g/mol. The molecule has 3 aromatic rings. The number of nitrogens with zero attached hydrogens (tertiary/aromatic N) is 1. The van der Waals surface area contributed by atoms with Crippen LogP contribution in [0.3, 0.4) is 0 Å². The molecule has 0 saturated carbocycles. The molecule has 27 heavy (non-hydrogen) atoms. The Morgan fingerprint density at radius 1 is 0.815 bits per heavy atom. The van der Waals surface area contributed by atoms with Crippen LogP contribution in [0.2, 0.25) is 0 Å². The summed E-state index contributed by atoms with van der Waals surface area (Å²) in [5.41, 5.74) is 4.10. The summed E-state index contributed by atoms with van der Waals surface area (Å²) >= 11 is 0. The van der Waals surface area contributed by atoms with Gasteiger partial charge in [-0.1, -0.05) is 72.8 Å². The van der Waals surface area contributed by atoms with E-state index in [-0.39, 0.29) is 5.78 Å². The fourth-order valence-corrected chi connectivity index (χ4v) is 3.19. The Hall–Kier alpha value is -3.46. The van der Waals surface area contributed by atoms with Gasteiger partial charge in [-0.15, -0.1) is 0 Å². The largest absolute Gasteiger partial charge is 0.467 e.